The van der Waals surface area contributed by atoms with E-state index >= 15 is 0 Å². The molecule has 0 N–H and O–H groups in total. The lowest BCUT2D eigenvalue weighted by atomic mass is 10.1. The van der Waals surface area contributed by atoms with Crippen molar-refractivity contribution in [1.29, 1.82) is 0 Å². The van der Waals surface area contributed by atoms with Crippen LogP contribution in [0.2, 0.25) is 0 Å². The van der Waals surface area contributed by atoms with Gasteiger partial charge in [0.15, 0.2) is 0 Å². The van der Waals surface area contributed by atoms with E-state index in [2.05, 4.69) is 25.6 Å². The van der Waals surface area contributed by atoms with E-state index in [1.165, 1.54) is 5.56 Å². The van der Waals surface area contributed by atoms with Crippen molar-refractivity contribution in [2.45, 2.75) is 38.8 Å². The van der Waals surface area contributed by atoms with Crippen molar-refractivity contribution in [3.05, 3.63) is 48.0 Å². The van der Waals surface area contributed by atoms with Crippen LogP contribution < -0.4 is 0 Å². The van der Waals surface area contributed by atoms with Gasteiger partial charge in [-0.2, -0.15) is 0 Å². The highest BCUT2D eigenvalue weighted by Crippen LogP contribution is 2.27. The van der Waals surface area contributed by atoms with Crippen LogP contribution >= 0.6 is 0 Å². The van der Waals surface area contributed by atoms with Crippen LogP contribution in [-0.4, -0.2) is 16.8 Å². The Bertz CT molecular complexity index is 410. The maximum absolute atomic E-state index is 12.0. The Labute approximate surface area is 103 Å². The number of carbonyl (C=O) groups is 1. The molecule has 17 heavy (non-hydrogen) atoms. The molecule has 90 valence electrons. The van der Waals surface area contributed by atoms with E-state index in [1.807, 2.05) is 23.1 Å². The molecule has 1 amide bonds. The van der Waals surface area contributed by atoms with Gasteiger partial charge in [0, 0.05) is 18.2 Å². The highest BCUT2D eigenvalue weighted by atomic mass is 16.2. The molecule has 0 aliphatic carbocycles. The molecule has 1 saturated heterocycles. The first-order valence-electron chi connectivity index (χ1n) is 6.25. The Hall–Kier alpha value is -1.57. The molecule has 1 heterocycles. The van der Waals surface area contributed by atoms with Crippen molar-refractivity contribution < 1.29 is 4.79 Å². The minimum absolute atomic E-state index is 0.132. The van der Waals surface area contributed by atoms with Crippen molar-refractivity contribution in [3.8, 4) is 0 Å². The molecule has 1 atom stereocenters. The minimum atomic E-state index is 0.132. The molecule has 1 aliphatic heterocycles. The molecule has 0 aromatic heterocycles. The molecule has 2 rings (SSSR count). The summed E-state index contributed by atoms with van der Waals surface area (Å²) >= 11 is 0. The summed E-state index contributed by atoms with van der Waals surface area (Å²) < 4.78 is 0. The molecular formula is C15H19NO. The van der Waals surface area contributed by atoms with E-state index in [9.17, 15) is 4.79 Å². The molecule has 1 aliphatic rings. The summed E-state index contributed by atoms with van der Waals surface area (Å²) in [5.41, 5.74) is 1.95. The second-order valence-electron chi connectivity index (χ2n) is 4.67. The summed E-state index contributed by atoms with van der Waals surface area (Å²) in [7, 11) is 0. The zero-order valence-corrected chi connectivity index (χ0v) is 10.4. The predicted octanol–water partition coefficient (Wildman–Crippen LogP) is 3.14. The van der Waals surface area contributed by atoms with E-state index in [4.69, 9.17) is 0 Å². The van der Waals surface area contributed by atoms with E-state index in [0.29, 0.717) is 12.6 Å². The summed E-state index contributed by atoms with van der Waals surface area (Å²) in [5.74, 6) is 0.132. The summed E-state index contributed by atoms with van der Waals surface area (Å²) in [5, 5.41) is 0. The fourth-order valence-electron chi connectivity index (χ4n) is 2.42. The Balaban J connectivity index is 2.12. The zero-order chi connectivity index (χ0) is 12.3. The number of nitrogens with zero attached hydrogens (tertiary/aromatic N) is 1. The van der Waals surface area contributed by atoms with Crippen LogP contribution in [0.25, 0.3) is 0 Å². The van der Waals surface area contributed by atoms with E-state index in [0.717, 1.165) is 24.8 Å². The van der Waals surface area contributed by atoms with Crippen molar-refractivity contribution in [2.75, 3.05) is 0 Å². The lowest BCUT2D eigenvalue weighted by Crippen LogP contribution is -2.32. The summed E-state index contributed by atoms with van der Waals surface area (Å²) in [4.78, 5) is 14.0. The van der Waals surface area contributed by atoms with Crippen molar-refractivity contribution in [1.82, 2.24) is 4.90 Å². The van der Waals surface area contributed by atoms with Crippen LogP contribution in [0.3, 0.4) is 0 Å². The van der Waals surface area contributed by atoms with E-state index < -0.39 is 0 Å². The molecule has 0 radical (unpaired) electrons. The standard InChI is InChI=1S/C15H19NO/c1-3-7-14-10-12(2)15(17)16(14)11-13-8-5-4-6-9-13/h4-6,8-9,14H,2-3,7,10-11H2,1H3. The molecule has 0 spiro atoms. The van der Waals surface area contributed by atoms with Crippen LogP contribution in [0.4, 0.5) is 0 Å². The quantitative estimate of drug-likeness (QED) is 0.726. The minimum Gasteiger partial charge on any atom is -0.331 e. The molecule has 0 bridgehead atoms. The second-order valence-corrected chi connectivity index (χ2v) is 4.67. The van der Waals surface area contributed by atoms with Crippen molar-refractivity contribution in [2.24, 2.45) is 0 Å². The Kier molecular flexibility index (Phi) is 3.62. The molecule has 1 unspecified atom stereocenters. The zero-order valence-electron chi connectivity index (χ0n) is 10.4. The Morgan fingerprint density at radius 1 is 1.35 bits per heavy atom. The van der Waals surface area contributed by atoms with Crippen LogP contribution in [-0.2, 0) is 11.3 Å². The molecule has 2 heteroatoms. The third kappa shape index (κ3) is 2.57. The van der Waals surface area contributed by atoms with E-state index in [1.54, 1.807) is 0 Å². The summed E-state index contributed by atoms with van der Waals surface area (Å²) in [6.45, 7) is 6.74. The van der Waals surface area contributed by atoms with Gasteiger partial charge in [-0.3, -0.25) is 4.79 Å². The van der Waals surface area contributed by atoms with Gasteiger partial charge in [-0.15, -0.1) is 0 Å². The molecule has 1 aromatic carbocycles. The molecule has 1 aromatic rings. The SMILES string of the molecule is C=C1CC(CCC)N(Cc2ccccc2)C1=O. The van der Waals surface area contributed by atoms with Gasteiger partial charge >= 0.3 is 0 Å². The maximum Gasteiger partial charge on any atom is 0.249 e. The van der Waals surface area contributed by atoms with Crippen LogP contribution in [0.15, 0.2) is 42.5 Å². The third-order valence-electron chi connectivity index (χ3n) is 3.30. The highest BCUT2D eigenvalue weighted by Gasteiger charge is 2.32. The van der Waals surface area contributed by atoms with Crippen LogP contribution in [0, 0.1) is 0 Å². The number of benzene rings is 1. The number of hydrogen-bond donors (Lipinski definition) is 0. The highest BCUT2D eigenvalue weighted by molar-refractivity contribution is 5.95. The van der Waals surface area contributed by atoms with Gasteiger partial charge in [0.05, 0.1) is 0 Å². The predicted molar refractivity (Wildman–Crippen MR) is 69.4 cm³/mol. The maximum atomic E-state index is 12.0. The van der Waals surface area contributed by atoms with Crippen LogP contribution in [0.1, 0.15) is 31.7 Å². The number of likely N-dealkylation sites (tertiary alicyclic amines) is 1. The summed E-state index contributed by atoms with van der Waals surface area (Å²) in [6.07, 6.45) is 3.01. The summed E-state index contributed by atoms with van der Waals surface area (Å²) in [6, 6.07) is 10.5. The number of carbonyl (C=O) groups excluding carboxylic acids is 1. The van der Waals surface area contributed by atoms with Gasteiger partial charge < -0.3 is 4.90 Å². The third-order valence-corrected chi connectivity index (χ3v) is 3.30. The fraction of sp³-hybridized carbons (Fsp3) is 0.400. The van der Waals surface area contributed by atoms with E-state index in [-0.39, 0.29) is 5.91 Å². The van der Waals surface area contributed by atoms with Gasteiger partial charge in [-0.1, -0.05) is 50.3 Å². The van der Waals surface area contributed by atoms with Crippen molar-refractivity contribution in [3.63, 3.8) is 0 Å². The second kappa shape index (κ2) is 5.17. The molecule has 0 saturated carbocycles. The van der Waals surface area contributed by atoms with Gasteiger partial charge in [-0.25, -0.2) is 0 Å². The van der Waals surface area contributed by atoms with Crippen molar-refractivity contribution >= 4 is 5.91 Å². The van der Waals surface area contributed by atoms with Gasteiger partial charge in [0.2, 0.25) is 5.91 Å². The first kappa shape index (κ1) is 11.9. The topological polar surface area (TPSA) is 20.3 Å². The normalized spacial score (nSPS) is 20.1. The fourth-order valence-corrected chi connectivity index (χ4v) is 2.42. The van der Waals surface area contributed by atoms with Gasteiger partial charge in [-0.05, 0) is 18.4 Å². The Morgan fingerprint density at radius 2 is 2.06 bits per heavy atom. The lowest BCUT2D eigenvalue weighted by Gasteiger charge is -2.24. The monoisotopic (exact) mass is 229 g/mol. The lowest BCUT2D eigenvalue weighted by molar-refractivity contribution is -0.126. The van der Waals surface area contributed by atoms with Gasteiger partial charge in [0.25, 0.3) is 0 Å². The molecule has 1 fully saturated rings. The smallest absolute Gasteiger partial charge is 0.249 e. The number of hydrogen-bond acceptors (Lipinski definition) is 1. The average Bonchev–Trinajstić information content (AvgIpc) is 2.59. The number of rotatable bonds is 4. The molecular weight excluding hydrogens is 210 g/mol. The Morgan fingerprint density at radius 3 is 2.71 bits per heavy atom. The molecule has 2 nitrogen and oxygen atoms in total. The average molecular weight is 229 g/mol. The largest absolute Gasteiger partial charge is 0.331 e. The number of amides is 1. The first-order valence-corrected chi connectivity index (χ1v) is 6.25. The van der Waals surface area contributed by atoms with Gasteiger partial charge in [0.1, 0.15) is 0 Å². The first-order chi connectivity index (χ1) is 8.22. The van der Waals surface area contributed by atoms with Crippen LogP contribution in [0.5, 0.6) is 0 Å².